The largest absolute Gasteiger partial charge is 0.396 e. The number of hydrogen-bond acceptors (Lipinski definition) is 3. The zero-order chi connectivity index (χ0) is 20.5. The fourth-order valence-electron chi connectivity index (χ4n) is 3.89. The van der Waals surface area contributed by atoms with Crippen LogP contribution in [0.15, 0.2) is 0 Å². The molecule has 0 aromatic rings. The lowest BCUT2D eigenvalue weighted by Gasteiger charge is -2.09. The molecule has 0 spiro atoms. The fraction of sp³-hybridized carbons (Fsp3) is 1.00. The molecule has 3 nitrogen and oxygen atoms in total. The summed E-state index contributed by atoms with van der Waals surface area (Å²) in [5, 5.41) is 18.2. The first-order valence-electron chi connectivity index (χ1n) is 12.7. The van der Waals surface area contributed by atoms with Crippen molar-refractivity contribution in [3.05, 3.63) is 0 Å². The van der Waals surface area contributed by atoms with Crippen LogP contribution in [0.2, 0.25) is 0 Å². The molecule has 1 atom stereocenters. The van der Waals surface area contributed by atoms with Gasteiger partial charge in [-0.25, -0.2) is 0 Å². The van der Waals surface area contributed by atoms with Crippen molar-refractivity contribution < 1.29 is 14.9 Å². The van der Waals surface area contributed by atoms with Crippen molar-refractivity contribution in [1.82, 2.24) is 0 Å². The van der Waals surface area contributed by atoms with Crippen molar-refractivity contribution in [2.45, 2.75) is 148 Å². The second-order valence-corrected chi connectivity index (χ2v) is 8.49. The summed E-state index contributed by atoms with van der Waals surface area (Å²) < 4.78 is 5.13. The van der Waals surface area contributed by atoms with Crippen LogP contribution in [0.5, 0.6) is 0 Å². The van der Waals surface area contributed by atoms with Crippen LogP contribution in [0.3, 0.4) is 0 Å². The van der Waals surface area contributed by atoms with Crippen molar-refractivity contribution in [1.29, 1.82) is 0 Å². The van der Waals surface area contributed by atoms with Gasteiger partial charge < -0.3 is 14.9 Å². The van der Waals surface area contributed by atoms with Gasteiger partial charge in [0.15, 0.2) is 6.29 Å². The first kappa shape index (κ1) is 27.9. The molecule has 0 aromatic carbocycles. The standard InChI is InChI=1S/C25H52O3/c1-2-28-25(27)23-21-19-17-15-13-11-9-7-5-3-4-6-8-10-12-14-16-18-20-22-24-26/h25-27H,2-24H2,1H3. The minimum atomic E-state index is -0.544. The quantitative estimate of drug-likeness (QED) is 0.130. The summed E-state index contributed by atoms with van der Waals surface area (Å²) in [7, 11) is 0. The number of aliphatic hydroxyl groups is 2. The van der Waals surface area contributed by atoms with E-state index in [2.05, 4.69) is 0 Å². The van der Waals surface area contributed by atoms with Crippen LogP contribution in [-0.2, 0) is 4.74 Å². The molecule has 0 heterocycles. The maximum absolute atomic E-state index is 9.48. The highest BCUT2D eigenvalue weighted by molar-refractivity contribution is 4.51. The molecule has 0 aliphatic carbocycles. The molecule has 0 radical (unpaired) electrons. The van der Waals surface area contributed by atoms with Gasteiger partial charge in [-0.15, -0.1) is 0 Å². The summed E-state index contributed by atoms with van der Waals surface area (Å²) in [5.41, 5.74) is 0. The van der Waals surface area contributed by atoms with Crippen LogP contribution in [0.4, 0.5) is 0 Å². The Kier molecular flexibility index (Phi) is 24.8. The van der Waals surface area contributed by atoms with Crippen LogP contribution >= 0.6 is 0 Å². The molecule has 2 N–H and O–H groups in total. The summed E-state index contributed by atoms with van der Waals surface area (Å²) >= 11 is 0. The summed E-state index contributed by atoms with van der Waals surface area (Å²) in [6.45, 7) is 2.90. The van der Waals surface area contributed by atoms with Crippen LogP contribution in [0.25, 0.3) is 0 Å². The minimum Gasteiger partial charge on any atom is -0.396 e. The zero-order valence-electron chi connectivity index (χ0n) is 19.1. The third-order valence-corrected chi connectivity index (χ3v) is 5.72. The van der Waals surface area contributed by atoms with Crippen LogP contribution < -0.4 is 0 Å². The van der Waals surface area contributed by atoms with E-state index in [0.29, 0.717) is 13.2 Å². The lowest BCUT2D eigenvalue weighted by atomic mass is 10.0. The Balaban J connectivity index is 3.01. The number of ether oxygens (including phenoxy) is 1. The third-order valence-electron chi connectivity index (χ3n) is 5.72. The van der Waals surface area contributed by atoms with E-state index < -0.39 is 6.29 Å². The highest BCUT2D eigenvalue weighted by Crippen LogP contribution is 2.15. The highest BCUT2D eigenvalue weighted by Gasteiger charge is 2.01. The molecule has 0 aromatic heterocycles. The van der Waals surface area contributed by atoms with Gasteiger partial charge in [-0.3, -0.25) is 0 Å². The van der Waals surface area contributed by atoms with Gasteiger partial charge >= 0.3 is 0 Å². The molecule has 3 heteroatoms. The molecule has 0 saturated heterocycles. The normalized spacial score (nSPS) is 12.5. The maximum atomic E-state index is 9.48. The van der Waals surface area contributed by atoms with E-state index in [1.165, 1.54) is 116 Å². The highest BCUT2D eigenvalue weighted by atomic mass is 16.6. The zero-order valence-corrected chi connectivity index (χ0v) is 19.1. The molecule has 0 bridgehead atoms. The van der Waals surface area contributed by atoms with Gasteiger partial charge in [-0.1, -0.05) is 116 Å². The monoisotopic (exact) mass is 400 g/mol. The molecule has 0 rings (SSSR count). The van der Waals surface area contributed by atoms with E-state index >= 15 is 0 Å². The lowest BCUT2D eigenvalue weighted by Crippen LogP contribution is -2.10. The van der Waals surface area contributed by atoms with Crippen LogP contribution in [0.1, 0.15) is 142 Å². The van der Waals surface area contributed by atoms with Crippen LogP contribution in [0, 0.1) is 0 Å². The summed E-state index contributed by atoms with van der Waals surface area (Å²) in [6.07, 6.45) is 27.1. The van der Waals surface area contributed by atoms with Gasteiger partial charge in [-0.2, -0.15) is 0 Å². The number of aliphatic hydroxyl groups excluding tert-OH is 2. The van der Waals surface area contributed by atoms with E-state index in [1.54, 1.807) is 0 Å². The summed E-state index contributed by atoms with van der Waals surface area (Å²) in [4.78, 5) is 0. The van der Waals surface area contributed by atoms with Gasteiger partial charge in [0, 0.05) is 13.2 Å². The number of unbranched alkanes of at least 4 members (excludes halogenated alkanes) is 19. The van der Waals surface area contributed by atoms with Gasteiger partial charge in [0.05, 0.1) is 0 Å². The van der Waals surface area contributed by atoms with E-state index in [9.17, 15) is 5.11 Å². The summed E-state index contributed by atoms with van der Waals surface area (Å²) in [5.74, 6) is 0. The second kappa shape index (κ2) is 24.9. The van der Waals surface area contributed by atoms with Crippen LogP contribution in [-0.4, -0.2) is 29.7 Å². The van der Waals surface area contributed by atoms with Crippen molar-refractivity contribution in [2.75, 3.05) is 13.2 Å². The molecule has 28 heavy (non-hydrogen) atoms. The lowest BCUT2D eigenvalue weighted by molar-refractivity contribution is -0.0994. The van der Waals surface area contributed by atoms with Crippen molar-refractivity contribution in [2.24, 2.45) is 0 Å². The molecule has 1 unspecified atom stereocenters. The molecule has 0 amide bonds. The Hall–Kier alpha value is -0.120. The first-order chi connectivity index (χ1) is 13.8. The predicted molar refractivity (Wildman–Crippen MR) is 122 cm³/mol. The number of hydrogen-bond donors (Lipinski definition) is 2. The van der Waals surface area contributed by atoms with Crippen molar-refractivity contribution in [3.8, 4) is 0 Å². The SMILES string of the molecule is CCOC(O)CCCCCCCCCCCCCCCCCCCCCCO. The Morgan fingerprint density at radius 3 is 1.07 bits per heavy atom. The number of rotatable bonds is 24. The summed E-state index contributed by atoms with van der Waals surface area (Å²) in [6, 6.07) is 0. The van der Waals surface area contributed by atoms with Gasteiger partial charge in [0.1, 0.15) is 0 Å². The molecule has 0 saturated carbocycles. The Morgan fingerprint density at radius 1 is 0.500 bits per heavy atom. The van der Waals surface area contributed by atoms with Gasteiger partial charge in [0.25, 0.3) is 0 Å². The fourth-order valence-corrected chi connectivity index (χ4v) is 3.89. The Labute approximate surface area is 176 Å². The first-order valence-corrected chi connectivity index (χ1v) is 12.7. The van der Waals surface area contributed by atoms with E-state index in [1.807, 2.05) is 6.92 Å². The third kappa shape index (κ3) is 23.9. The van der Waals surface area contributed by atoms with E-state index in [4.69, 9.17) is 9.84 Å². The smallest absolute Gasteiger partial charge is 0.154 e. The topological polar surface area (TPSA) is 49.7 Å². The average molecular weight is 401 g/mol. The molecule has 170 valence electrons. The van der Waals surface area contributed by atoms with Gasteiger partial charge in [-0.05, 0) is 26.2 Å². The average Bonchev–Trinajstić information content (AvgIpc) is 2.69. The maximum Gasteiger partial charge on any atom is 0.154 e. The predicted octanol–water partition coefficient (Wildman–Crippen LogP) is 7.53. The van der Waals surface area contributed by atoms with Gasteiger partial charge in [0.2, 0.25) is 0 Å². The molecule has 0 aliphatic rings. The molecular weight excluding hydrogens is 348 g/mol. The molecular formula is C25H52O3. The van der Waals surface area contributed by atoms with E-state index in [0.717, 1.165) is 19.3 Å². The minimum absolute atomic E-state index is 0.363. The second-order valence-electron chi connectivity index (χ2n) is 8.49. The Bertz CT molecular complexity index is 271. The van der Waals surface area contributed by atoms with Crippen molar-refractivity contribution in [3.63, 3.8) is 0 Å². The van der Waals surface area contributed by atoms with E-state index in [-0.39, 0.29) is 0 Å². The molecule has 0 fully saturated rings. The molecule has 0 aliphatic heterocycles. The van der Waals surface area contributed by atoms with Crippen molar-refractivity contribution >= 4 is 0 Å². The Morgan fingerprint density at radius 2 is 0.786 bits per heavy atom.